The molecule has 6 aromatic rings. The number of fused-ring (bicyclic) bond motifs is 2. The number of aromatic amines is 3. The van der Waals surface area contributed by atoms with Crippen LogP contribution in [0.3, 0.4) is 0 Å². The molecule has 9 rings (SSSR count). The van der Waals surface area contributed by atoms with E-state index in [9.17, 15) is 14.0 Å². The summed E-state index contributed by atoms with van der Waals surface area (Å²) in [5, 5.41) is 10.4. The molecule has 0 unspecified atom stereocenters. The lowest BCUT2D eigenvalue weighted by Gasteiger charge is -2.36. The number of hydrogen-bond donors (Lipinski definition) is 3. The number of rotatable bonds is 6. The van der Waals surface area contributed by atoms with Gasteiger partial charge in [-0.3, -0.25) is 14.1 Å². The van der Waals surface area contributed by atoms with Crippen LogP contribution >= 0.6 is 0 Å². The van der Waals surface area contributed by atoms with Crippen molar-refractivity contribution in [3.05, 3.63) is 109 Å². The first kappa shape index (κ1) is 31.8. The van der Waals surface area contributed by atoms with Gasteiger partial charge in [0.25, 0.3) is 0 Å². The third-order valence-electron chi connectivity index (χ3n) is 11.4. The van der Waals surface area contributed by atoms with Crippen LogP contribution in [0, 0.1) is 19.7 Å². The second-order valence-electron chi connectivity index (χ2n) is 15.2. The second kappa shape index (κ2) is 11.2. The molecule has 1 saturated heterocycles. The van der Waals surface area contributed by atoms with Crippen LogP contribution < -0.4 is 16.3 Å². The van der Waals surface area contributed by atoms with E-state index in [-0.39, 0.29) is 23.1 Å². The molecule has 0 spiro atoms. The number of anilines is 1. The third-order valence-corrected chi connectivity index (χ3v) is 11.4. The molecule has 0 bridgehead atoms. The molecule has 13 heteroatoms. The van der Waals surface area contributed by atoms with Crippen molar-refractivity contribution in [2.24, 2.45) is 0 Å². The van der Waals surface area contributed by atoms with Gasteiger partial charge in [0, 0.05) is 48.5 Å². The van der Waals surface area contributed by atoms with Crippen LogP contribution in [0.2, 0.25) is 0 Å². The van der Waals surface area contributed by atoms with Gasteiger partial charge in [-0.25, -0.2) is 18.7 Å². The van der Waals surface area contributed by atoms with Crippen molar-refractivity contribution >= 4 is 16.7 Å². The zero-order valence-corrected chi connectivity index (χ0v) is 29.4. The smallest absolute Gasteiger partial charge is 0.376 e. The SMILES string of the molecule is Cc1cc(-n2nc3c(c2-n2cc[nH]c2=O)[C@H](C)N(c2[nH]c4c([C@H]5CCOC(C)(C)C5)cccc4c2C2(c4noc(=O)[nH]4)CC2)CC3)cc(C)c1F. The zero-order chi connectivity index (χ0) is 35.4. The average molecular weight is 693 g/mol. The number of benzene rings is 2. The lowest BCUT2D eigenvalue weighted by Crippen LogP contribution is -2.36. The van der Waals surface area contributed by atoms with E-state index in [0.29, 0.717) is 53.9 Å². The summed E-state index contributed by atoms with van der Waals surface area (Å²) >= 11 is 0. The van der Waals surface area contributed by atoms with E-state index in [0.717, 1.165) is 59.2 Å². The minimum absolute atomic E-state index is 0.229. The van der Waals surface area contributed by atoms with Crippen LogP contribution in [0.15, 0.2) is 56.8 Å². The summed E-state index contributed by atoms with van der Waals surface area (Å²) in [7, 11) is 0. The third kappa shape index (κ3) is 4.88. The standard InChI is InChI=1S/C38H41FN8O4/c1-20-17-24(18-21(2)30(20)39)47-33(46-15-13-40-35(46)48)28-22(3)45(14-9-27(28)43-47)32-29(38(11-12-38)34-42-36(49)51-44-34)26-8-6-7-25(31(26)41-32)23-10-16-50-37(4,5)19-23/h6-8,13,15,17-18,22-23,41H,9-12,14,16,19H2,1-5H3,(H,40,48)(H,42,44,49)/t22-,23-/m0/s1. The molecule has 1 saturated carbocycles. The van der Waals surface area contributed by atoms with E-state index < -0.39 is 11.2 Å². The fourth-order valence-corrected chi connectivity index (χ4v) is 8.83. The van der Waals surface area contributed by atoms with Gasteiger partial charge in [0.15, 0.2) is 5.82 Å². The molecular weight excluding hydrogens is 651 g/mol. The number of aryl methyl sites for hydroxylation is 2. The van der Waals surface area contributed by atoms with Crippen molar-refractivity contribution in [1.29, 1.82) is 0 Å². The molecule has 12 nitrogen and oxygen atoms in total. The summed E-state index contributed by atoms with van der Waals surface area (Å²) in [5.41, 5.74) is 5.86. The average Bonchev–Trinajstić information content (AvgIpc) is 3.43. The number of halogens is 1. The maximum Gasteiger partial charge on any atom is 0.438 e. The van der Waals surface area contributed by atoms with Crippen molar-refractivity contribution in [3.63, 3.8) is 0 Å². The Morgan fingerprint density at radius 2 is 1.86 bits per heavy atom. The highest BCUT2D eigenvalue weighted by Gasteiger charge is 2.53. The number of para-hydroxylation sites is 1. The van der Waals surface area contributed by atoms with Crippen LogP contribution in [0.5, 0.6) is 0 Å². The van der Waals surface area contributed by atoms with Crippen molar-refractivity contribution < 1.29 is 13.7 Å². The first-order chi connectivity index (χ1) is 24.5. The van der Waals surface area contributed by atoms with Gasteiger partial charge in [0.1, 0.15) is 17.5 Å². The molecule has 264 valence electrons. The predicted molar refractivity (Wildman–Crippen MR) is 190 cm³/mol. The number of ether oxygens (including phenoxy) is 1. The van der Waals surface area contributed by atoms with Gasteiger partial charge >= 0.3 is 11.4 Å². The highest BCUT2D eigenvalue weighted by atomic mass is 19.1. The largest absolute Gasteiger partial charge is 0.438 e. The fraction of sp³-hybridized carbons (Fsp3) is 0.421. The number of imidazole rings is 1. The van der Waals surface area contributed by atoms with E-state index in [1.54, 1.807) is 47.6 Å². The van der Waals surface area contributed by atoms with Crippen molar-refractivity contribution in [1.82, 2.24) is 34.5 Å². The Labute approximate surface area is 292 Å². The second-order valence-corrected chi connectivity index (χ2v) is 15.2. The van der Waals surface area contributed by atoms with Gasteiger partial charge in [0.05, 0.1) is 34.0 Å². The molecule has 3 N–H and O–H groups in total. The molecular formula is C38H41FN8O4. The van der Waals surface area contributed by atoms with Crippen LogP contribution in [-0.2, 0) is 16.6 Å². The maximum atomic E-state index is 14.8. The van der Waals surface area contributed by atoms with E-state index in [1.165, 1.54) is 5.56 Å². The van der Waals surface area contributed by atoms with Gasteiger partial charge in [0.2, 0.25) is 0 Å². The Balaban J connectivity index is 1.25. The highest BCUT2D eigenvalue weighted by Crippen LogP contribution is 2.58. The number of hydrogen-bond acceptors (Lipinski definition) is 7. The molecule has 2 aliphatic heterocycles. The van der Waals surface area contributed by atoms with Crippen LogP contribution in [-0.4, -0.2) is 53.2 Å². The van der Waals surface area contributed by atoms with Crippen molar-refractivity contribution in [2.75, 3.05) is 18.1 Å². The van der Waals surface area contributed by atoms with E-state index >= 15 is 0 Å². The Hall–Kier alpha value is -5.17. The van der Waals surface area contributed by atoms with E-state index in [1.807, 2.05) is 0 Å². The number of H-pyrrole nitrogens is 3. The van der Waals surface area contributed by atoms with Gasteiger partial charge < -0.3 is 19.6 Å². The first-order valence-corrected chi connectivity index (χ1v) is 17.7. The van der Waals surface area contributed by atoms with Gasteiger partial charge in [-0.15, -0.1) is 0 Å². The molecule has 6 heterocycles. The quantitative estimate of drug-likeness (QED) is 0.190. The molecule has 0 radical (unpaired) electrons. The molecule has 2 atom stereocenters. The minimum Gasteiger partial charge on any atom is -0.376 e. The molecule has 2 aromatic carbocycles. The summed E-state index contributed by atoms with van der Waals surface area (Å²) in [6, 6.07) is 9.84. The Kier molecular flexibility index (Phi) is 6.96. The number of aromatic nitrogens is 7. The Morgan fingerprint density at radius 3 is 2.53 bits per heavy atom. The van der Waals surface area contributed by atoms with Gasteiger partial charge in [-0.05, 0) is 95.0 Å². The normalized spacial score (nSPS) is 20.9. The van der Waals surface area contributed by atoms with Gasteiger partial charge in [-0.2, -0.15) is 5.10 Å². The van der Waals surface area contributed by atoms with Crippen LogP contribution in [0.4, 0.5) is 10.2 Å². The van der Waals surface area contributed by atoms with E-state index in [4.69, 9.17) is 14.4 Å². The molecule has 2 fully saturated rings. The Morgan fingerprint density at radius 1 is 1.08 bits per heavy atom. The van der Waals surface area contributed by atoms with Crippen molar-refractivity contribution in [3.8, 4) is 11.5 Å². The predicted octanol–water partition coefficient (Wildman–Crippen LogP) is 6.14. The summed E-state index contributed by atoms with van der Waals surface area (Å²) in [4.78, 5) is 37.5. The topological polar surface area (TPSA) is 143 Å². The van der Waals surface area contributed by atoms with Crippen LogP contribution in [0.25, 0.3) is 22.4 Å². The van der Waals surface area contributed by atoms with Gasteiger partial charge in [-0.1, -0.05) is 23.4 Å². The summed E-state index contributed by atoms with van der Waals surface area (Å²) in [5.74, 6) is 1.58. The lowest BCUT2D eigenvalue weighted by molar-refractivity contribution is -0.0591. The summed E-state index contributed by atoms with van der Waals surface area (Å²) < 4.78 is 29.3. The maximum absolute atomic E-state index is 14.8. The lowest BCUT2D eigenvalue weighted by atomic mass is 9.82. The molecule has 3 aliphatic rings. The molecule has 51 heavy (non-hydrogen) atoms. The molecule has 0 amide bonds. The van der Waals surface area contributed by atoms with Crippen molar-refractivity contribution in [2.45, 2.75) is 89.7 Å². The van der Waals surface area contributed by atoms with E-state index in [2.05, 4.69) is 64.0 Å². The first-order valence-electron chi connectivity index (χ1n) is 17.7. The highest BCUT2D eigenvalue weighted by molar-refractivity contribution is 5.94. The number of nitrogens with zero attached hydrogens (tertiary/aromatic N) is 5. The monoisotopic (exact) mass is 692 g/mol. The number of nitrogens with one attached hydrogen (secondary N) is 3. The zero-order valence-electron chi connectivity index (χ0n) is 29.4. The summed E-state index contributed by atoms with van der Waals surface area (Å²) in [6.45, 7) is 11.3. The van der Waals surface area contributed by atoms with Crippen LogP contribution in [0.1, 0.15) is 97.7 Å². The molecule has 1 aliphatic carbocycles. The fourth-order valence-electron chi connectivity index (χ4n) is 8.83. The Bertz CT molecular complexity index is 2430. The molecule has 4 aromatic heterocycles. The minimum atomic E-state index is -0.570. The summed E-state index contributed by atoms with van der Waals surface area (Å²) in [6.07, 6.45) is 7.38.